The second-order valence-corrected chi connectivity index (χ2v) is 4.71. The van der Waals surface area contributed by atoms with E-state index in [4.69, 9.17) is 10.2 Å². The largest absolute Gasteiger partial charge is 0.467 e. The van der Waals surface area contributed by atoms with E-state index < -0.39 is 0 Å². The number of hydrogen-bond acceptors (Lipinski definition) is 2. The Bertz CT molecular complexity index is 511. The monoisotopic (exact) mass is 227 g/mol. The Balaban J connectivity index is 1.97. The van der Waals surface area contributed by atoms with Crippen LogP contribution < -0.4 is 5.73 Å². The van der Waals surface area contributed by atoms with Gasteiger partial charge in [0.05, 0.1) is 12.8 Å². The summed E-state index contributed by atoms with van der Waals surface area (Å²) in [5.74, 6) is 1.64. The molecule has 0 bridgehead atoms. The summed E-state index contributed by atoms with van der Waals surface area (Å²) in [6, 6.07) is 10.8. The third-order valence-corrected chi connectivity index (χ3v) is 3.71. The predicted octanol–water partition coefficient (Wildman–Crippen LogP) is 3.67. The molecule has 1 aromatic heterocycles. The fraction of sp³-hybridized carbons (Fsp3) is 0.333. The minimum absolute atomic E-state index is 0.454. The smallest absolute Gasteiger partial charge is 0.125 e. The lowest BCUT2D eigenvalue weighted by Gasteiger charge is -2.26. The second kappa shape index (κ2) is 4.38. The molecule has 1 fully saturated rings. The Labute approximate surface area is 101 Å². The minimum atomic E-state index is 0.454. The zero-order valence-corrected chi connectivity index (χ0v) is 9.86. The molecule has 0 unspecified atom stereocenters. The molecule has 1 aliphatic carbocycles. The van der Waals surface area contributed by atoms with Crippen molar-refractivity contribution in [2.24, 2.45) is 5.73 Å². The highest BCUT2D eigenvalue weighted by Crippen LogP contribution is 2.38. The van der Waals surface area contributed by atoms with E-state index in [0.29, 0.717) is 6.54 Å². The summed E-state index contributed by atoms with van der Waals surface area (Å²) < 4.78 is 5.38. The molecule has 2 N–H and O–H groups in total. The van der Waals surface area contributed by atoms with Crippen molar-refractivity contribution in [1.82, 2.24) is 0 Å². The van der Waals surface area contributed by atoms with Crippen LogP contribution in [0, 0.1) is 0 Å². The molecule has 1 heterocycles. The second-order valence-electron chi connectivity index (χ2n) is 4.71. The van der Waals surface area contributed by atoms with Gasteiger partial charge in [0.2, 0.25) is 0 Å². The summed E-state index contributed by atoms with van der Waals surface area (Å²) >= 11 is 0. The van der Waals surface area contributed by atoms with Crippen molar-refractivity contribution in [3.63, 3.8) is 0 Å². The van der Waals surface area contributed by atoms with Gasteiger partial charge in [-0.25, -0.2) is 0 Å². The Kier molecular flexibility index (Phi) is 2.73. The lowest BCUT2D eigenvalue weighted by molar-refractivity contribution is 0.420. The van der Waals surface area contributed by atoms with E-state index >= 15 is 0 Å². The van der Waals surface area contributed by atoms with Gasteiger partial charge in [-0.15, -0.1) is 0 Å². The third kappa shape index (κ3) is 1.89. The van der Waals surface area contributed by atoms with Crippen molar-refractivity contribution >= 4 is 0 Å². The van der Waals surface area contributed by atoms with Gasteiger partial charge in [0.1, 0.15) is 5.76 Å². The topological polar surface area (TPSA) is 39.2 Å². The normalized spacial score (nSPS) is 15.8. The van der Waals surface area contributed by atoms with Gasteiger partial charge in [-0.2, -0.15) is 0 Å². The van der Waals surface area contributed by atoms with Crippen molar-refractivity contribution in [1.29, 1.82) is 0 Å². The van der Waals surface area contributed by atoms with Crippen molar-refractivity contribution in [2.45, 2.75) is 31.7 Å². The number of furan rings is 1. The summed E-state index contributed by atoms with van der Waals surface area (Å²) in [5.41, 5.74) is 9.49. The van der Waals surface area contributed by atoms with Crippen molar-refractivity contribution in [2.75, 3.05) is 0 Å². The quantitative estimate of drug-likeness (QED) is 0.868. The zero-order valence-electron chi connectivity index (χ0n) is 9.86. The van der Waals surface area contributed by atoms with E-state index in [9.17, 15) is 0 Å². The van der Waals surface area contributed by atoms with Crippen LogP contribution in [0.2, 0.25) is 0 Å². The molecular weight excluding hydrogens is 210 g/mol. The van der Waals surface area contributed by atoms with Crippen LogP contribution in [-0.4, -0.2) is 0 Å². The summed E-state index contributed by atoms with van der Waals surface area (Å²) in [4.78, 5) is 0. The van der Waals surface area contributed by atoms with Gasteiger partial charge in [0, 0.05) is 5.56 Å². The maximum Gasteiger partial charge on any atom is 0.125 e. The maximum atomic E-state index is 5.67. The van der Waals surface area contributed by atoms with Crippen LogP contribution >= 0.6 is 0 Å². The molecule has 0 spiro atoms. The highest BCUT2D eigenvalue weighted by molar-refractivity contribution is 5.66. The van der Waals surface area contributed by atoms with E-state index in [-0.39, 0.29) is 0 Å². The number of nitrogens with two attached hydrogens (primary N) is 1. The average molecular weight is 227 g/mol. The molecule has 1 saturated carbocycles. The third-order valence-electron chi connectivity index (χ3n) is 3.71. The molecular formula is C15H17NO. The van der Waals surface area contributed by atoms with Gasteiger partial charge in [-0.1, -0.05) is 30.7 Å². The first-order valence-corrected chi connectivity index (χ1v) is 6.25. The SMILES string of the molecule is NCc1occc1-c1cccc(C2CCC2)c1. The average Bonchev–Trinajstić information content (AvgIpc) is 2.75. The molecule has 2 heteroatoms. The van der Waals surface area contributed by atoms with E-state index in [0.717, 1.165) is 17.2 Å². The number of hydrogen-bond donors (Lipinski definition) is 1. The van der Waals surface area contributed by atoms with E-state index in [1.54, 1.807) is 6.26 Å². The first-order valence-electron chi connectivity index (χ1n) is 6.25. The summed E-state index contributed by atoms with van der Waals surface area (Å²) in [7, 11) is 0. The molecule has 17 heavy (non-hydrogen) atoms. The molecule has 1 aliphatic rings. The van der Waals surface area contributed by atoms with Crippen molar-refractivity contribution in [3.05, 3.63) is 47.9 Å². The molecule has 0 amide bonds. The van der Waals surface area contributed by atoms with Crippen LogP contribution in [0.3, 0.4) is 0 Å². The first kappa shape index (κ1) is 10.6. The van der Waals surface area contributed by atoms with Gasteiger partial charge in [0.15, 0.2) is 0 Å². The summed E-state index contributed by atoms with van der Waals surface area (Å²) in [5, 5.41) is 0. The number of rotatable bonds is 3. The molecule has 3 rings (SSSR count). The minimum Gasteiger partial charge on any atom is -0.467 e. The van der Waals surface area contributed by atoms with Crippen molar-refractivity contribution < 1.29 is 4.42 Å². The fourth-order valence-corrected chi connectivity index (χ4v) is 2.46. The lowest BCUT2D eigenvalue weighted by atomic mass is 9.79. The van der Waals surface area contributed by atoms with Crippen LogP contribution in [0.15, 0.2) is 41.0 Å². The molecule has 0 atom stereocenters. The van der Waals surface area contributed by atoms with Crippen LogP contribution in [0.5, 0.6) is 0 Å². The van der Waals surface area contributed by atoms with Crippen LogP contribution in [-0.2, 0) is 6.54 Å². The standard InChI is InChI=1S/C15H17NO/c16-10-15-14(7-8-17-15)13-6-2-5-12(9-13)11-3-1-4-11/h2,5-9,11H,1,3-4,10,16H2. The molecule has 2 nitrogen and oxygen atoms in total. The molecule has 0 aliphatic heterocycles. The van der Waals surface area contributed by atoms with Crippen LogP contribution in [0.1, 0.15) is 36.5 Å². The highest BCUT2D eigenvalue weighted by Gasteiger charge is 2.19. The molecule has 0 radical (unpaired) electrons. The first-order chi connectivity index (χ1) is 8.38. The van der Waals surface area contributed by atoms with Crippen molar-refractivity contribution in [3.8, 4) is 11.1 Å². The van der Waals surface area contributed by atoms with Crippen LogP contribution in [0.4, 0.5) is 0 Å². The molecule has 1 aromatic carbocycles. The Morgan fingerprint density at radius 2 is 2.12 bits per heavy atom. The molecule has 0 saturated heterocycles. The summed E-state index contributed by atoms with van der Waals surface area (Å²) in [6.07, 6.45) is 5.75. The Hall–Kier alpha value is -1.54. The maximum absolute atomic E-state index is 5.67. The van der Waals surface area contributed by atoms with E-state index in [1.807, 2.05) is 6.07 Å². The molecule has 88 valence electrons. The van der Waals surface area contributed by atoms with Gasteiger partial charge in [-0.3, -0.25) is 0 Å². The van der Waals surface area contributed by atoms with E-state index in [2.05, 4.69) is 24.3 Å². The number of benzene rings is 1. The lowest BCUT2D eigenvalue weighted by Crippen LogP contribution is -2.08. The van der Waals surface area contributed by atoms with E-state index in [1.165, 1.54) is 30.4 Å². The van der Waals surface area contributed by atoms with Gasteiger partial charge in [0.25, 0.3) is 0 Å². The fourth-order valence-electron chi connectivity index (χ4n) is 2.46. The summed E-state index contributed by atoms with van der Waals surface area (Å²) in [6.45, 7) is 0.454. The van der Waals surface area contributed by atoms with Crippen LogP contribution in [0.25, 0.3) is 11.1 Å². The Morgan fingerprint density at radius 1 is 1.24 bits per heavy atom. The predicted molar refractivity (Wildman–Crippen MR) is 68.6 cm³/mol. The molecule has 2 aromatic rings. The van der Waals surface area contributed by atoms with Gasteiger partial charge >= 0.3 is 0 Å². The Morgan fingerprint density at radius 3 is 2.82 bits per heavy atom. The van der Waals surface area contributed by atoms with Gasteiger partial charge in [-0.05, 0) is 36.0 Å². The zero-order chi connectivity index (χ0) is 11.7. The highest BCUT2D eigenvalue weighted by atomic mass is 16.3. The van der Waals surface area contributed by atoms with Gasteiger partial charge < -0.3 is 10.2 Å².